The van der Waals surface area contributed by atoms with E-state index in [2.05, 4.69) is 0 Å². The van der Waals surface area contributed by atoms with E-state index in [1.54, 1.807) is 26.0 Å². The molecule has 0 aliphatic heterocycles. The second-order valence-corrected chi connectivity index (χ2v) is 4.41. The molecule has 82 valence electrons. The maximum Gasteiger partial charge on any atom is 0.168 e. The normalized spacial score (nSPS) is 11.1. The smallest absolute Gasteiger partial charge is 0.168 e. The SMILES string of the molecule is CC(C)C(=O)c1cc(C(C)C)ccc1F. The Morgan fingerprint density at radius 3 is 2.27 bits per heavy atom. The zero-order valence-electron chi connectivity index (χ0n) is 9.67. The van der Waals surface area contributed by atoms with Gasteiger partial charge in [-0.25, -0.2) is 4.39 Å². The van der Waals surface area contributed by atoms with E-state index in [4.69, 9.17) is 0 Å². The molecule has 0 aliphatic rings. The zero-order valence-corrected chi connectivity index (χ0v) is 9.67. The number of rotatable bonds is 3. The highest BCUT2D eigenvalue weighted by Gasteiger charge is 2.16. The summed E-state index contributed by atoms with van der Waals surface area (Å²) in [6.07, 6.45) is 0. The monoisotopic (exact) mass is 208 g/mol. The molecule has 0 saturated carbocycles. The molecule has 1 aromatic rings. The molecule has 0 aliphatic carbocycles. The third kappa shape index (κ3) is 2.65. The highest BCUT2D eigenvalue weighted by atomic mass is 19.1. The zero-order chi connectivity index (χ0) is 11.6. The molecule has 0 N–H and O–H groups in total. The summed E-state index contributed by atoms with van der Waals surface area (Å²) in [5.74, 6) is -0.403. The molecule has 0 aromatic heterocycles. The second kappa shape index (κ2) is 4.56. The van der Waals surface area contributed by atoms with Gasteiger partial charge >= 0.3 is 0 Å². The molecule has 0 bridgehead atoms. The lowest BCUT2D eigenvalue weighted by atomic mass is 9.95. The summed E-state index contributed by atoms with van der Waals surface area (Å²) in [6.45, 7) is 7.61. The van der Waals surface area contributed by atoms with Crippen molar-refractivity contribution >= 4 is 5.78 Å². The van der Waals surface area contributed by atoms with E-state index < -0.39 is 5.82 Å². The summed E-state index contributed by atoms with van der Waals surface area (Å²) in [5, 5.41) is 0. The molecule has 0 unspecified atom stereocenters. The van der Waals surface area contributed by atoms with Crippen molar-refractivity contribution in [2.24, 2.45) is 5.92 Å². The van der Waals surface area contributed by atoms with Gasteiger partial charge in [-0.15, -0.1) is 0 Å². The van der Waals surface area contributed by atoms with Crippen molar-refractivity contribution in [2.75, 3.05) is 0 Å². The van der Waals surface area contributed by atoms with E-state index in [1.165, 1.54) is 6.07 Å². The fourth-order valence-electron chi connectivity index (χ4n) is 1.40. The topological polar surface area (TPSA) is 17.1 Å². The van der Waals surface area contributed by atoms with Crippen molar-refractivity contribution in [3.05, 3.63) is 35.1 Å². The van der Waals surface area contributed by atoms with Gasteiger partial charge in [-0.1, -0.05) is 33.8 Å². The van der Waals surface area contributed by atoms with Gasteiger partial charge in [0.2, 0.25) is 0 Å². The average Bonchev–Trinajstić information content (AvgIpc) is 2.16. The molecule has 15 heavy (non-hydrogen) atoms. The number of Topliss-reactive ketones (excluding diaryl/α,β-unsaturated/α-hetero) is 1. The lowest BCUT2D eigenvalue weighted by Gasteiger charge is -2.10. The highest BCUT2D eigenvalue weighted by Crippen LogP contribution is 2.20. The van der Waals surface area contributed by atoms with E-state index in [9.17, 15) is 9.18 Å². The predicted octanol–water partition coefficient (Wildman–Crippen LogP) is 3.79. The van der Waals surface area contributed by atoms with E-state index in [-0.39, 0.29) is 17.3 Å². The summed E-state index contributed by atoms with van der Waals surface area (Å²) in [4.78, 5) is 11.7. The molecule has 0 radical (unpaired) electrons. The lowest BCUT2D eigenvalue weighted by Crippen LogP contribution is -2.10. The molecule has 2 heteroatoms. The molecule has 1 aromatic carbocycles. The molecule has 0 atom stereocenters. The quantitative estimate of drug-likeness (QED) is 0.691. The van der Waals surface area contributed by atoms with Gasteiger partial charge in [0.15, 0.2) is 5.78 Å². The second-order valence-electron chi connectivity index (χ2n) is 4.41. The minimum Gasteiger partial charge on any atom is -0.294 e. The number of hydrogen-bond acceptors (Lipinski definition) is 1. The first-order valence-electron chi connectivity index (χ1n) is 5.27. The van der Waals surface area contributed by atoms with Crippen LogP contribution in [0, 0.1) is 11.7 Å². The molecule has 0 fully saturated rings. The van der Waals surface area contributed by atoms with Crippen LogP contribution in [0.1, 0.15) is 49.5 Å². The van der Waals surface area contributed by atoms with Crippen molar-refractivity contribution in [3.63, 3.8) is 0 Å². The third-order valence-electron chi connectivity index (χ3n) is 2.45. The van der Waals surface area contributed by atoms with Gasteiger partial charge in [0.05, 0.1) is 5.56 Å². The number of ketones is 1. The van der Waals surface area contributed by atoms with E-state index in [0.717, 1.165) is 5.56 Å². The first-order chi connectivity index (χ1) is 6.93. The van der Waals surface area contributed by atoms with Gasteiger partial charge in [-0.2, -0.15) is 0 Å². The molecule has 0 spiro atoms. The van der Waals surface area contributed by atoms with Crippen molar-refractivity contribution in [1.29, 1.82) is 0 Å². The van der Waals surface area contributed by atoms with E-state index >= 15 is 0 Å². The first kappa shape index (κ1) is 11.9. The molecule has 0 saturated heterocycles. The van der Waals surface area contributed by atoms with Crippen LogP contribution in [0.2, 0.25) is 0 Å². The average molecular weight is 208 g/mol. The minimum absolute atomic E-state index is 0.130. The molecular weight excluding hydrogens is 191 g/mol. The van der Waals surface area contributed by atoms with Crippen LogP contribution in [0.4, 0.5) is 4.39 Å². The molecule has 1 rings (SSSR count). The Hall–Kier alpha value is -1.18. The fraction of sp³-hybridized carbons (Fsp3) is 0.462. The van der Waals surface area contributed by atoms with Crippen molar-refractivity contribution < 1.29 is 9.18 Å². The van der Waals surface area contributed by atoms with Crippen LogP contribution >= 0.6 is 0 Å². The van der Waals surface area contributed by atoms with Crippen molar-refractivity contribution in [1.82, 2.24) is 0 Å². The van der Waals surface area contributed by atoms with Crippen molar-refractivity contribution in [3.8, 4) is 0 Å². The Balaban J connectivity index is 3.16. The summed E-state index contributed by atoms with van der Waals surface area (Å²) in [7, 11) is 0. The molecular formula is C13H17FO. The number of carbonyl (C=O) groups is 1. The predicted molar refractivity (Wildman–Crippen MR) is 59.7 cm³/mol. The summed E-state index contributed by atoms with van der Waals surface area (Å²) < 4.78 is 13.4. The Kier molecular flexibility index (Phi) is 3.61. The number of carbonyl (C=O) groups excluding carboxylic acids is 1. The van der Waals surface area contributed by atoms with Gasteiger partial charge in [0, 0.05) is 5.92 Å². The third-order valence-corrected chi connectivity index (χ3v) is 2.45. The summed E-state index contributed by atoms with van der Waals surface area (Å²) >= 11 is 0. The minimum atomic E-state index is -0.418. The van der Waals surface area contributed by atoms with E-state index in [0.29, 0.717) is 5.92 Å². The number of halogens is 1. The standard InChI is InChI=1S/C13H17FO/c1-8(2)10-5-6-12(14)11(7-10)13(15)9(3)4/h5-9H,1-4H3. The van der Waals surface area contributed by atoms with Gasteiger partial charge in [-0.05, 0) is 23.6 Å². The van der Waals surface area contributed by atoms with Crippen LogP contribution in [0.15, 0.2) is 18.2 Å². The van der Waals surface area contributed by atoms with Gasteiger partial charge in [0.1, 0.15) is 5.82 Å². The first-order valence-corrected chi connectivity index (χ1v) is 5.27. The Morgan fingerprint density at radius 2 is 1.80 bits per heavy atom. The maximum absolute atomic E-state index is 13.4. The molecule has 0 heterocycles. The Labute approximate surface area is 90.3 Å². The molecule has 0 amide bonds. The van der Waals surface area contributed by atoms with Crippen LogP contribution in [0.5, 0.6) is 0 Å². The van der Waals surface area contributed by atoms with Gasteiger partial charge in [0.25, 0.3) is 0 Å². The lowest BCUT2D eigenvalue weighted by molar-refractivity contribution is 0.0935. The number of benzene rings is 1. The van der Waals surface area contributed by atoms with Crippen LogP contribution in [0.3, 0.4) is 0 Å². The van der Waals surface area contributed by atoms with Crippen molar-refractivity contribution in [2.45, 2.75) is 33.6 Å². The van der Waals surface area contributed by atoms with Crippen LogP contribution in [-0.4, -0.2) is 5.78 Å². The summed E-state index contributed by atoms with van der Waals surface area (Å²) in [6, 6.07) is 4.78. The maximum atomic E-state index is 13.4. The Morgan fingerprint density at radius 1 is 1.20 bits per heavy atom. The van der Waals surface area contributed by atoms with Crippen LogP contribution in [-0.2, 0) is 0 Å². The fourth-order valence-corrected chi connectivity index (χ4v) is 1.40. The Bertz CT molecular complexity index is 367. The van der Waals surface area contributed by atoms with Crippen LogP contribution in [0.25, 0.3) is 0 Å². The van der Waals surface area contributed by atoms with Gasteiger partial charge < -0.3 is 0 Å². The summed E-state index contributed by atoms with van der Waals surface area (Å²) in [5.41, 5.74) is 1.22. The van der Waals surface area contributed by atoms with Crippen LogP contribution < -0.4 is 0 Å². The number of hydrogen-bond donors (Lipinski definition) is 0. The van der Waals surface area contributed by atoms with E-state index in [1.807, 2.05) is 13.8 Å². The highest BCUT2D eigenvalue weighted by molar-refractivity contribution is 5.97. The molecule has 1 nitrogen and oxygen atoms in total. The largest absolute Gasteiger partial charge is 0.294 e. The van der Waals surface area contributed by atoms with Gasteiger partial charge in [-0.3, -0.25) is 4.79 Å².